The first kappa shape index (κ1) is 12.7. The molecular weight excluding hydrogens is 258 g/mol. The smallest absolute Gasteiger partial charge is 0.0535 e. The number of H-pyrrole nitrogens is 1. The first-order valence-corrected chi connectivity index (χ1v) is 7.09. The molecule has 4 heteroatoms. The van der Waals surface area contributed by atoms with E-state index in [0.29, 0.717) is 6.04 Å². The molecule has 3 nitrogen and oxygen atoms in total. The zero-order valence-corrected chi connectivity index (χ0v) is 11.7. The van der Waals surface area contributed by atoms with Crippen LogP contribution in [0.5, 0.6) is 0 Å². The molecule has 0 aliphatic heterocycles. The van der Waals surface area contributed by atoms with Gasteiger partial charge in [-0.3, -0.25) is 5.10 Å². The molecule has 1 aliphatic carbocycles. The highest BCUT2D eigenvalue weighted by molar-refractivity contribution is 6.30. The van der Waals surface area contributed by atoms with Gasteiger partial charge in [0.25, 0.3) is 0 Å². The Hall–Kier alpha value is -1.32. The lowest BCUT2D eigenvalue weighted by atomic mass is 10.0. The van der Waals surface area contributed by atoms with E-state index < -0.39 is 0 Å². The summed E-state index contributed by atoms with van der Waals surface area (Å²) in [4.78, 5) is 0. The first-order valence-electron chi connectivity index (χ1n) is 6.72. The van der Waals surface area contributed by atoms with E-state index in [1.165, 1.54) is 24.0 Å². The summed E-state index contributed by atoms with van der Waals surface area (Å²) in [7, 11) is 0. The summed E-state index contributed by atoms with van der Waals surface area (Å²) in [6.07, 6.45) is 4.52. The van der Waals surface area contributed by atoms with Gasteiger partial charge in [-0.05, 0) is 43.4 Å². The van der Waals surface area contributed by atoms with Gasteiger partial charge in [0, 0.05) is 28.9 Å². The van der Waals surface area contributed by atoms with Crippen LogP contribution < -0.4 is 5.32 Å². The van der Waals surface area contributed by atoms with E-state index in [1.54, 1.807) is 0 Å². The maximum Gasteiger partial charge on any atom is 0.0535 e. The predicted octanol–water partition coefficient (Wildman–Crippen LogP) is 3.61. The number of halogens is 1. The van der Waals surface area contributed by atoms with Gasteiger partial charge in [0.05, 0.1) is 6.20 Å². The van der Waals surface area contributed by atoms with Crippen LogP contribution in [0.1, 0.15) is 35.7 Å². The van der Waals surface area contributed by atoms with Gasteiger partial charge in [-0.15, -0.1) is 0 Å². The fraction of sp³-hybridized carbons (Fsp3) is 0.400. The monoisotopic (exact) mass is 275 g/mol. The third-order valence-corrected chi connectivity index (χ3v) is 4.02. The normalized spacial score (nSPS) is 16.5. The van der Waals surface area contributed by atoms with Crippen molar-refractivity contribution in [1.82, 2.24) is 15.5 Å². The Balaban J connectivity index is 1.71. The Morgan fingerprint density at radius 3 is 2.68 bits per heavy atom. The largest absolute Gasteiger partial charge is 0.305 e. The number of nitrogens with one attached hydrogen (secondary N) is 2. The molecule has 0 bridgehead atoms. The molecule has 19 heavy (non-hydrogen) atoms. The van der Waals surface area contributed by atoms with Gasteiger partial charge >= 0.3 is 0 Å². The molecule has 100 valence electrons. The summed E-state index contributed by atoms with van der Waals surface area (Å²) in [5.41, 5.74) is 3.70. The van der Waals surface area contributed by atoms with Crippen LogP contribution in [0.25, 0.3) is 0 Å². The van der Waals surface area contributed by atoms with Crippen molar-refractivity contribution in [2.45, 2.75) is 32.4 Å². The van der Waals surface area contributed by atoms with Crippen molar-refractivity contribution in [2.24, 2.45) is 5.92 Å². The molecule has 0 spiro atoms. The first-order chi connectivity index (χ1) is 9.24. The lowest BCUT2D eigenvalue weighted by Gasteiger charge is -2.18. The van der Waals surface area contributed by atoms with Crippen LogP contribution in [0.3, 0.4) is 0 Å². The van der Waals surface area contributed by atoms with Crippen LogP contribution in [0.4, 0.5) is 0 Å². The van der Waals surface area contributed by atoms with Gasteiger partial charge in [0.2, 0.25) is 0 Å². The van der Waals surface area contributed by atoms with Crippen molar-refractivity contribution in [1.29, 1.82) is 0 Å². The molecule has 0 amide bonds. The van der Waals surface area contributed by atoms with Crippen molar-refractivity contribution in [3.8, 4) is 0 Å². The van der Waals surface area contributed by atoms with Crippen LogP contribution in [0.2, 0.25) is 5.02 Å². The Morgan fingerprint density at radius 2 is 2.11 bits per heavy atom. The number of rotatable bonds is 5. The van der Waals surface area contributed by atoms with Gasteiger partial charge in [0.15, 0.2) is 0 Å². The highest BCUT2D eigenvalue weighted by atomic mass is 35.5. The Labute approximate surface area is 118 Å². The molecule has 1 aromatic heterocycles. The average molecular weight is 276 g/mol. The van der Waals surface area contributed by atoms with Crippen molar-refractivity contribution in [3.05, 3.63) is 52.3 Å². The molecule has 1 fully saturated rings. The van der Waals surface area contributed by atoms with E-state index in [1.807, 2.05) is 18.3 Å². The second-order valence-electron chi connectivity index (χ2n) is 5.27. The SMILES string of the molecule is Cc1[nH]ncc1CN[C@H](c1ccc(Cl)cc1)C1CC1. The molecule has 1 atom stereocenters. The minimum atomic E-state index is 0.423. The summed E-state index contributed by atoms with van der Waals surface area (Å²) >= 11 is 5.96. The number of hydrogen-bond acceptors (Lipinski definition) is 2. The lowest BCUT2D eigenvalue weighted by molar-refractivity contribution is 0.480. The average Bonchev–Trinajstić information content (AvgIpc) is 3.16. The number of nitrogens with zero attached hydrogens (tertiary/aromatic N) is 1. The molecular formula is C15H18ClN3. The Kier molecular flexibility index (Phi) is 3.58. The van der Waals surface area contributed by atoms with Crippen LogP contribution in [-0.4, -0.2) is 10.2 Å². The summed E-state index contributed by atoms with van der Waals surface area (Å²) in [5.74, 6) is 0.758. The molecule has 1 aromatic carbocycles. The van der Waals surface area contributed by atoms with E-state index in [2.05, 4.69) is 34.6 Å². The van der Waals surface area contributed by atoms with Gasteiger partial charge < -0.3 is 5.32 Å². The summed E-state index contributed by atoms with van der Waals surface area (Å²) in [6, 6.07) is 8.61. The molecule has 1 aliphatic rings. The molecule has 1 saturated carbocycles. The topological polar surface area (TPSA) is 40.7 Å². The number of aryl methyl sites for hydroxylation is 1. The second-order valence-corrected chi connectivity index (χ2v) is 5.70. The molecule has 0 radical (unpaired) electrons. The quantitative estimate of drug-likeness (QED) is 0.875. The fourth-order valence-electron chi connectivity index (χ4n) is 2.43. The lowest BCUT2D eigenvalue weighted by Crippen LogP contribution is -2.22. The van der Waals surface area contributed by atoms with E-state index in [0.717, 1.165) is 23.2 Å². The summed E-state index contributed by atoms with van der Waals surface area (Å²) < 4.78 is 0. The standard InChI is InChI=1S/C15H18ClN3/c1-10-13(9-18-19-10)8-17-15(11-2-3-11)12-4-6-14(16)7-5-12/h4-7,9,11,15,17H,2-3,8H2,1H3,(H,18,19)/t15-/m0/s1. The number of aromatic amines is 1. The Bertz CT molecular complexity index is 543. The number of aromatic nitrogens is 2. The van der Waals surface area contributed by atoms with Crippen molar-refractivity contribution in [2.75, 3.05) is 0 Å². The van der Waals surface area contributed by atoms with Crippen LogP contribution in [0.15, 0.2) is 30.5 Å². The van der Waals surface area contributed by atoms with Gasteiger partial charge in [0.1, 0.15) is 0 Å². The zero-order chi connectivity index (χ0) is 13.2. The molecule has 2 N–H and O–H groups in total. The highest BCUT2D eigenvalue weighted by Gasteiger charge is 2.31. The minimum Gasteiger partial charge on any atom is -0.305 e. The third kappa shape index (κ3) is 2.99. The molecule has 2 aromatic rings. The van der Waals surface area contributed by atoms with E-state index >= 15 is 0 Å². The summed E-state index contributed by atoms with van der Waals surface area (Å²) in [6.45, 7) is 2.91. The highest BCUT2D eigenvalue weighted by Crippen LogP contribution is 2.41. The maximum absolute atomic E-state index is 5.96. The van der Waals surface area contributed by atoms with Gasteiger partial charge in [-0.2, -0.15) is 5.10 Å². The number of hydrogen-bond donors (Lipinski definition) is 2. The van der Waals surface area contributed by atoms with E-state index in [9.17, 15) is 0 Å². The summed E-state index contributed by atoms with van der Waals surface area (Å²) in [5, 5.41) is 11.5. The predicted molar refractivity (Wildman–Crippen MR) is 77.1 cm³/mol. The van der Waals surface area contributed by atoms with Crippen molar-refractivity contribution in [3.63, 3.8) is 0 Å². The van der Waals surface area contributed by atoms with Crippen LogP contribution in [-0.2, 0) is 6.54 Å². The van der Waals surface area contributed by atoms with Crippen molar-refractivity contribution < 1.29 is 0 Å². The minimum absolute atomic E-state index is 0.423. The van der Waals surface area contributed by atoms with Crippen LogP contribution in [0, 0.1) is 12.8 Å². The van der Waals surface area contributed by atoms with E-state index in [4.69, 9.17) is 11.6 Å². The van der Waals surface area contributed by atoms with Crippen molar-refractivity contribution >= 4 is 11.6 Å². The number of benzene rings is 1. The Morgan fingerprint density at radius 1 is 1.37 bits per heavy atom. The van der Waals surface area contributed by atoms with E-state index in [-0.39, 0.29) is 0 Å². The third-order valence-electron chi connectivity index (χ3n) is 3.77. The fourth-order valence-corrected chi connectivity index (χ4v) is 2.56. The molecule has 1 heterocycles. The molecule has 0 unspecified atom stereocenters. The van der Waals surface area contributed by atoms with Gasteiger partial charge in [-0.1, -0.05) is 23.7 Å². The molecule has 3 rings (SSSR count). The maximum atomic E-state index is 5.96. The molecule has 0 saturated heterocycles. The zero-order valence-electron chi connectivity index (χ0n) is 11.0. The van der Waals surface area contributed by atoms with Gasteiger partial charge in [-0.25, -0.2) is 0 Å². The van der Waals surface area contributed by atoms with Crippen LogP contribution >= 0.6 is 11.6 Å². The second kappa shape index (κ2) is 5.35.